The third-order valence-electron chi connectivity index (χ3n) is 7.29. The van der Waals surface area contributed by atoms with Crippen molar-refractivity contribution in [1.82, 2.24) is 0 Å². The number of benzene rings is 3. The number of nitrogens with zero attached hydrogens (tertiary/aromatic N) is 1. The van der Waals surface area contributed by atoms with Crippen molar-refractivity contribution in [1.29, 1.82) is 0 Å². The maximum atomic E-state index is 13.6. The Morgan fingerprint density at radius 1 is 0.974 bits per heavy atom. The molecule has 0 bridgehead atoms. The van der Waals surface area contributed by atoms with E-state index in [1.807, 2.05) is 49.4 Å². The molecule has 3 atom stereocenters. The normalized spacial score (nSPS) is 22.7. The number of hydrogen-bond acceptors (Lipinski definition) is 3. The molecule has 0 radical (unpaired) electrons. The molecule has 1 heterocycles. The minimum absolute atomic E-state index is 0.100. The summed E-state index contributed by atoms with van der Waals surface area (Å²) in [5, 5.41) is 0. The van der Waals surface area contributed by atoms with E-state index < -0.39 is 17.3 Å². The summed E-state index contributed by atoms with van der Waals surface area (Å²) in [6.07, 6.45) is 7.28. The third kappa shape index (κ3) is 5.50. The van der Waals surface area contributed by atoms with Crippen LogP contribution in [0.5, 0.6) is 0 Å². The van der Waals surface area contributed by atoms with Gasteiger partial charge in [0.2, 0.25) is 5.91 Å². The maximum Gasteiger partial charge on any atom is 0.233 e. The number of halogens is 2. The Bertz CT molecular complexity index is 1370. The molecule has 38 heavy (non-hydrogen) atoms. The van der Waals surface area contributed by atoms with Crippen LogP contribution >= 0.6 is 0 Å². The number of carbonyl (C=O) groups excluding carboxylic acids is 2. The molecule has 0 N–H and O–H groups in total. The lowest BCUT2D eigenvalue weighted by molar-refractivity contribution is -0.129. The second-order valence-corrected chi connectivity index (χ2v) is 10.0. The Hall–Kier alpha value is -3.90. The Morgan fingerprint density at radius 2 is 1.63 bits per heavy atom. The van der Waals surface area contributed by atoms with Gasteiger partial charge in [0.1, 0.15) is 11.6 Å². The van der Waals surface area contributed by atoms with Gasteiger partial charge in [-0.2, -0.15) is 0 Å². The second-order valence-electron chi connectivity index (χ2n) is 10.0. The molecular formula is C32H29F2NO3. The summed E-state index contributed by atoms with van der Waals surface area (Å²) in [6, 6.07) is 21.0. The molecule has 1 unspecified atom stereocenters. The SMILES string of the molecule is CC1(OCc2ccccc2)C=CC([C@@H]2[C@@H](CCC(=O)c3ccc(F)cc3)C(=O)N2c2ccc(F)cc2)=CC1. The van der Waals surface area contributed by atoms with Crippen molar-refractivity contribution in [2.24, 2.45) is 5.92 Å². The van der Waals surface area contributed by atoms with Crippen LogP contribution in [0.1, 0.15) is 42.1 Å². The molecule has 6 heteroatoms. The van der Waals surface area contributed by atoms with Gasteiger partial charge in [-0.25, -0.2) is 8.78 Å². The lowest BCUT2D eigenvalue weighted by atomic mass is 9.76. The summed E-state index contributed by atoms with van der Waals surface area (Å²) in [5.41, 5.74) is 2.62. The maximum absolute atomic E-state index is 13.6. The molecule has 1 saturated heterocycles. The lowest BCUT2D eigenvalue weighted by Crippen LogP contribution is -2.62. The first-order valence-corrected chi connectivity index (χ1v) is 12.8. The van der Waals surface area contributed by atoms with Gasteiger partial charge < -0.3 is 9.64 Å². The smallest absolute Gasteiger partial charge is 0.233 e. The molecule has 2 aliphatic rings. The zero-order valence-electron chi connectivity index (χ0n) is 21.1. The van der Waals surface area contributed by atoms with Gasteiger partial charge in [-0.15, -0.1) is 0 Å². The molecule has 0 saturated carbocycles. The van der Waals surface area contributed by atoms with E-state index in [-0.39, 0.29) is 30.0 Å². The number of carbonyl (C=O) groups is 2. The molecule has 194 valence electrons. The van der Waals surface area contributed by atoms with Crippen molar-refractivity contribution >= 4 is 17.4 Å². The molecule has 1 aliphatic carbocycles. The highest BCUT2D eigenvalue weighted by molar-refractivity contribution is 6.05. The van der Waals surface area contributed by atoms with Gasteiger partial charge in [0, 0.05) is 17.7 Å². The molecule has 1 amide bonds. The lowest BCUT2D eigenvalue weighted by Gasteiger charge is -2.49. The summed E-state index contributed by atoms with van der Waals surface area (Å²) in [6.45, 7) is 2.52. The van der Waals surface area contributed by atoms with Gasteiger partial charge in [0.25, 0.3) is 0 Å². The Labute approximate surface area is 221 Å². The highest BCUT2D eigenvalue weighted by Crippen LogP contribution is 2.42. The summed E-state index contributed by atoms with van der Waals surface area (Å²) in [7, 11) is 0. The van der Waals surface area contributed by atoms with E-state index in [4.69, 9.17) is 4.74 Å². The van der Waals surface area contributed by atoms with Crippen LogP contribution < -0.4 is 4.90 Å². The number of rotatable bonds is 9. The Balaban J connectivity index is 1.31. The van der Waals surface area contributed by atoms with Gasteiger partial charge in [0.05, 0.1) is 24.2 Å². The van der Waals surface area contributed by atoms with Crippen LogP contribution in [-0.2, 0) is 16.1 Å². The topological polar surface area (TPSA) is 46.6 Å². The van der Waals surface area contributed by atoms with Gasteiger partial charge in [-0.05, 0) is 79.4 Å². The van der Waals surface area contributed by atoms with Crippen molar-refractivity contribution in [2.75, 3.05) is 4.90 Å². The predicted octanol–water partition coefficient (Wildman–Crippen LogP) is 6.82. The predicted molar refractivity (Wildman–Crippen MR) is 143 cm³/mol. The first-order chi connectivity index (χ1) is 18.3. The number of Topliss-reactive ketones (excluding diaryl/α,β-unsaturated/α-hetero) is 1. The van der Waals surface area contributed by atoms with Gasteiger partial charge >= 0.3 is 0 Å². The van der Waals surface area contributed by atoms with Gasteiger partial charge in [-0.3, -0.25) is 9.59 Å². The van der Waals surface area contributed by atoms with Gasteiger partial charge in [-0.1, -0.05) is 48.6 Å². The quantitative estimate of drug-likeness (QED) is 0.233. The van der Waals surface area contributed by atoms with Crippen LogP contribution in [0.15, 0.2) is 103 Å². The van der Waals surface area contributed by atoms with Gasteiger partial charge in [0.15, 0.2) is 5.78 Å². The molecular weight excluding hydrogens is 484 g/mol. The molecule has 3 aromatic carbocycles. The van der Waals surface area contributed by atoms with Crippen molar-refractivity contribution in [3.63, 3.8) is 0 Å². The average molecular weight is 514 g/mol. The van der Waals surface area contributed by atoms with E-state index >= 15 is 0 Å². The van der Waals surface area contributed by atoms with Crippen LogP contribution in [0.25, 0.3) is 0 Å². The van der Waals surface area contributed by atoms with Crippen LogP contribution in [0.2, 0.25) is 0 Å². The molecule has 1 fully saturated rings. The summed E-state index contributed by atoms with van der Waals surface area (Å²) in [4.78, 5) is 27.7. The number of anilines is 1. The zero-order valence-corrected chi connectivity index (χ0v) is 21.1. The first kappa shape index (κ1) is 25.7. The number of hydrogen-bond donors (Lipinski definition) is 0. The number of ether oxygens (including phenoxy) is 1. The fourth-order valence-corrected chi connectivity index (χ4v) is 5.05. The highest BCUT2D eigenvalue weighted by atomic mass is 19.1. The zero-order chi connectivity index (χ0) is 26.7. The second kappa shape index (κ2) is 10.8. The van der Waals surface area contributed by atoms with E-state index in [2.05, 4.69) is 6.08 Å². The third-order valence-corrected chi connectivity index (χ3v) is 7.29. The van der Waals surface area contributed by atoms with Crippen LogP contribution in [0.4, 0.5) is 14.5 Å². The average Bonchev–Trinajstić information content (AvgIpc) is 2.93. The number of ketones is 1. The summed E-state index contributed by atoms with van der Waals surface area (Å²) in [5.74, 6) is -1.40. The van der Waals surface area contributed by atoms with E-state index in [0.29, 0.717) is 30.7 Å². The molecule has 4 nitrogen and oxygen atoms in total. The molecule has 0 aromatic heterocycles. The standard InChI is InChI=1S/C32H29F2NO3/c1-32(38-21-22-5-3-2-4-6-22)19-17-24(18-20-32)30-28(15-16-29(36)23-7-9-25(33)10-8-23)31(37)35(30)27-13-11-26(34)12-14-27/h2-14,17-19,28,30H,15-16,20-21H2,1H3/t28-,30-,32?/m1/s1. The van der Waals surface area contributed by atoms with Crippen LogP contribution in [0.3, 0.4) is 0 Å². The first-order valence-electron chi connectivity index (χ1n) is 12.8. The van der Waals surface area contributed by atoms with Crippen molar-refractivity contribution in [3.05, 3.63) is 125 Å². The highest BCUT2D eigenvalue weighted by Gasteiger charge is 2.49. The van der Waals surface area contributed by atoms with E-state index in [1.165, 1.54) is 36.4 Å². The van der Waals surface area contributed by atoms with Crippen LogP contribution in [-0.4, -0.2) is 23.3 Å². The molecule has 1 aliphatic heterocycles. The van der Waals surface area contributed by atoms with Crippen LogP contribution in [0, 0.1) is 17.6 Å². The largest absolute Gasteiger partial charge is 0.366 e. The van der Waals surface area contributed by atoms with E-state index in [1.54, 1.807) is 17.0 Å². The fraction of sp³-hybridized carbons (Fsp3) is 0.250. The number of β-lactam (4-membered cyclic amide) rings is 1. The van der Waals surface area contributed by atoms with Crippen molar-refractivity contribution < 1.29 is 23.1 Å². The summed E-state index contributed by atoms with van der Waals surface area (Å²) < 4.78 is 33.0. The fourth-order valence-electron chi connectivity index (χ4n) is 5.05. The number of amides is 1. The Kier molecular flexibility index (Phi) is 7.34. The minimum atomic E-state index is -0.484. The monoisotopic (exact) mass is 513 g/mol. The van der Waals surface area contributed by atoms with E-state index in [0.717, 1.165) is 11.1 Å². The molecule has 5 rings (SSSR count). The van der Waals surface area contributed by atoms with E-state index in [9.17, 15) is 18.4 Å². The molecule has 0 spiro atoms. The van der Waals surface area contributed by atoms with Crippen molar-refractivity contribution in [3.8, 4) is 0 Å². The van der Waals surface area contributed by atoms with Crippen molar-refractivity contribution in [2.45, 2.75) is 44.4 Å². The Morgan fingerprint density at radius 3 is 2.26 bits per heavy atom. The molecule has 3 aromatic rings. The minimum Gasteiger partial charge on any atom is -0.366 e. The summed E-state index contributed by atoms with van der Waals surface area (Å²) >= 11 is 0.